The summed E-state index contributed by atoms with van der Waals surface area (Å²) < 4.78 is 10.6. The van der Waals surface area contributed by atoms with E-state index < -0.39 is 0 Å². The summed E-state index contributed by atoms with van der Waals surface area (Å²) in [6.07, 6.45) is 1.97. The number of anilines is 4. The molecular weight excluding hydrogens is 346 g/mol. The van der Waals surface area contributed by atoms with Gasteiger partial charge in [0.05, 0.1) is 44.9 Å². The van der Waals surface area contributed by atoms with Gasteiger partial charge in [-0.3, -0.25) is 0 Å². The Hall–Kier alpha value is -3.72. The second-order valence-electron chi connectivity index (χ2n) is 5.45. The van der Waals surface area contributed by atoms with Crippen molar-refractivity contribution in [3.63, 3.8) is 0 Å². The minimum absolute atomic E-state index is 0.293. The first-order valence-electron chi connectivity index (χ1n) is 8.23. The van der Waals surface area contributed by atoms with Gasteiger partial charge in [-0.1, -0.05) is 0 Å². The summed E-state index contributed by atoms with van der Waals surface area (Å²) in [5, 5.41) is 20.9. The van der Waals surface area contributed by atoms with E-state index in [-0.39, 0.29) is 0 Å². The van der Waals surface area contributed by atoms with Crippen molar-refractivity contribution in [3.05, 3.63) is 24.5 Å². The highest BCUT2D eigenvalue weighted by Crippen LogP contribution is 2.34. The van der Waals surface area contributed by atoms with Crippen LogP contribution in [0.15, 0.2) is 24.5 Å². The molecule has 9 heteroatoms. The summed E-state index contributed by atoms with van der Waals surface area (Å²) in [4.78, 5) is 10.2. The van der Waals surface area contributed by atoms with Crippen molar-refractivity contribution >= 4 is 23.0 Å². The van der Waals surface area contributed by atoms with Crippen LogP contribution in [0.1, 0.15) is 12.8 Å². The molecule has 27 heavy (non-hydrogen) atoms. The first-order chi connectivity index (χ1) is 13.1. The Labute approximate surface area is 158 Å². The number of hydrogen-bond acceptors (Lipinski definition) is 9. The molecule has 0 aliphatic rings. The molecule has 140 valence electrons. The number of methoxy groups -OCH3 is 2. The molecule has 2 aromatic rings. The summed E-state index contributed by atoms with van der Waals surface area (Å²) in [5.41, 5.74) is 7.22. The molecule has 0 aliphatic heterocycles. The van der Waals surface area contributed by atoms with Crippen LogP contribution in [-0.4, -0.2) is 37.3 Å². The number of aromatic nitrogens is 2. The summed E-state index contributed by atoms with van der Waals surface area (Å²) in [7, 11) is 3.14. The maximum absolute atomic E-state index is 8.87. The summed E-state index contributed by atoms with van der Waals surface area (Å²) in [6.45, 7) is 0.836. The zero-order valence-electron chi connectivity index (χ0n) is 15.3. The highest BCUT2D eigenvalue weighted by molar-refractivity contribution is 5.80. The van der Waals surface area contributed by atoms with Gasteiger partial charge in [0.1, 0.15) is 23.5 Å². The van der Waals surface area contributed by atoms with Gasteiger partial charge in [0.2, 0.25) is 0 Å². The SMILES string of the molecule is COc1ccc(OC)c(Nc2ncnc(N(CCC#N)CCC#N)c2N)c1. The summed E-state index contributed by atoms with van der Waals surface area (Å²) in [5.74, 6) is 2.11. The quantitative estimate of drug-likeness (QED) is 0.685. The monoisotopic (exact) mass is 367 g/mol. The number of ether oxygens (including phenoxy) is 2. The average Bonchev–Trinajstić information content (AvgIpc) is 2.70. The maximum atomic E-state index is 8.87. The molecule has 0 atom stereocenters. The van der Waals surface area contributed by atoms with Crippen LogP contribution in [-0.2, 0) is 0 Å². The zero-order valence-corrected chi connectivity index (χ0v) is 15.3. The molecule has 1 aromatic carbocycles. The maximum Gasteiger partial charge on any atom is 0.159 e. The van der Waals surface area contributed by atoms with Gasteiger partial charge in [-0.2, -0.15) is 10.5 Å². The number of hydrogen-bond donors (Lipinski definition) is 2. The van der Waals surface area contributed by atoms with Crippen LogP contribution in [0.25, 0.3) is 0 Å². The predicted molar refractivity (Wildman–Crippen MR) is 102 cm³/mol. The van der Waals surface area contributed by atoms with Crippen molar-refractivity contribution in [3.8, 4) is 23.6 Å². The third-order valence-corrected chi connectivity index (χ3v) is 3.81. The molecule has 2 rings (SSSR count). The van der Waals surface area contributed by atoms with Gasteiger partial charge in [-0.05, 0) is 12.1 Å². The highest BCUT2D eigenvalue weighted by Gasteiger charge is 2.16. The fourth-order valence-electron chi connectivity index (χ4n) is 2.47. The molecule has 1 aromatic heterocycles. The molecule has 3 N–H and O–H groups in total. The van der Waals surface area contributed by atoms with Gasteiger partial charge >= 0.3 is 0 Å². The predicted octanol–water partition coefficient (Wildman–Crippen LogP) is 2.45. The van der Waals surface area contributed by atoms with E-state index in [9.17, 15) is 0 Å². The lowest BCUT2D eigenvalue weighted by Gasteiger charge is -2.23. The van der Waals surface area contributed by atoms with Crippen LogP contribution in [0.5, 0.6) is 11.5 Å². The second kappa shape index (κ2) is 9.68. The Bertz CT molecular complexity index is 840. The van der Waals surface area contributed by atoms with Crippen LogP contribution in [0.3, 0.4) is 0 Å². The average molecular weight is 367 g/mol. The smallest absolute Gasteiger partial charge is 0.159 e. The van der Waals surface area contributed by atoms with Crippen molar-refractivity contribution in [1.29, 1.82) is 10.5 Å². The van der Waals surface area contributed by atoms with Crippen molar-refractivity contribution in [2.45, 2.75) is 12.8 Å². The topological polar surface area (TPSA) is 133 Å². The Morgan fingerprint density at radius 3 is 2.41 bits per heavy atom. The lowest BCUT2D eigenvalue weighted by atomic mass is 10.2. The first-order valence-corrected chi connectivity index (χ1v) is 8.23. The number of nitrogens with two attached hydrogens (primary N) is 1. The van der Waals surface area contributed by atoms with Gasteiger partial charge in [0.25, 0.3) is 0 Å². The van der Waals surface area contributed by atoms with Gasteiger partial charge in [-0.25, -0.2) is 9.97 Å². The van der Waals surface area contributed by atoms with Crippen LogP contribution in [0, 0.1) is 22.7 Å². The van der Waals surface area contributed by atoms with E-state index in [1.807, 2.05) is 0 Å². The van der Waals surface area contributed by atoms with Crippen molar-refractivity contribution in [1.82, 2.24) is 9.97 Å². The second-order valence-corrected chi connectivity index (χ2v) is 5.45. The van der Waals surface area contributed by atoms with E-state index in [1.54, 1.807) is 37.3 Å². The van der Waals surface area contributed by atoms with E-state index in [4.69, 9.17) is 25.7 Å². The third-order valence-electron chi connectivity index (χ3n) is 3.81. The number of nitrogen functional groups attached to an aromatic ring is 1. The van der Waals surface area contributed by atoms with Crippen LogP contribution in [0.2, 0.25) is 0 Å². The van der Waals surface area contributed by atoms with Crippen LogP contribution < -0.4 is 25.4 Å². The Kier molecular flexibility index (Phi) is 7.03. The van der Waals surface area contributed by atoms with Crippen LogP contribution in [0.4, 0.5) is 23.0 Å². The van der Waals surface area contributed by atoms with E-state index in [0.717, 1.165) is 0 Å². The number of benzene rings is 1. The largest absolute Gasteiger partial charge is 0.497 e. The van der Waals surface area contributed by atoms with Crippen LogP contribution >= 0.6 is 0 Å². The highest BCUT2D eigenvalue weighted by atomic mass is 16.5. The third kappa shape index (κ3) is 4.89. The van der Waals surface area contributed by atoms with E-state index in [2.05, 4.69) is 27.4 Å². The normalized spacial score (nSPS) is 9.78. The fourth-order valence-corrected chi connectivity index (χ4v) is 2.47. The van der Waals surface area contributed by atoms with Gasteiger partial charge < -0.3 is 25.4 Å². The molecule has 0 unspecified atom stereocenters. The molecule has 0 radical (unpaired) electrons. The zero-order chi connectivity index (χ0) is 19.6. The number of nitrogens with one attached hydrogen (secondary N) is 1. The molecule has 0 bridgehead atoms. The minimum Gasteiger partial charge on any atom is -0.497 e. The molecular formula is C18H21N7O2. The summed E-state index contributed by atoms with van der Waals surface area (Å²) in [6, 6.07) is 9.50. The number of rotatable bonds is 9. The van der Waals surface area contributed by atoms with Crippen molar-refractivity contribution in [2.24, 2.45) is 0 Å². The molecule has 0 saturated heterocycles. The molecule has 0 aliphatic carbocycles. The standard InChI is InChI=1S/C18H21N7O2/c1-26-13-5-6-15(27-2)14(11-13)24-17-16(21)18(23-12-22-17)25(9-3-7-19)10-4-8-20/h5-6,11-12H,3-4,9-10,21H2,1-2H3,(H,22,23,24). The van der Waals surface area contributed by atoms with Gasteiger partial charge in [-0.15, -0.1) is 0 Å². The first kappa shape index (κ1) is 19.6. The van der Waals surface area contributed by atoms with Gasteiger partial charge in [0.15, 0.2) is 11.6 Å². The molecule has 0 amide bonds. The van der Waals surface area contributed by atoms with E-state index in [1.165, 1.54) is 6.33 Å². The lowest BCUT2D eigenvalue weighted by molar-refractivity contribution is 0.405. The minimum atomic E-state index is 0.293. The molecule has 9 nitrogen and oxygen atoms in total. The number of nitriles is 2. The van der Waals surface area contributed by atoms with E-state index >= 15 is 0 Å². The fraction of sp³-hybridized carbons (Fsp3) is 0.333. The van der Waals surface area contributed by atoms with Gasteiger partial charge in [0, 0.05) is 19.2 Å². The Morgan fingerprint density at radius 2 is 1.81 bits per heavy atom. The molecule has 1 heterocycles. The Morgan fingerprint density at radius 1 is 1.11 bits per heavy atom. The molecule has 0 saturated carbocycles. The Balaban J connectivity index is 2.36. The number of nitrogens with zero attached hydrogens (tertiary/aromatic N) is 5. The van der Waals surface area contributed by atoms with E-state index in [0.29, 0.717) is 60.4 Å². The van der Waals surface area contributed by atoms with Crippen molar-refractivity contribution in [2.75, 3.05) is 43.3 Å². The summed E-state index contributed by atoms with van der Waals surface area (Å²) >= 11 is 0. The van der Waals surface area contributed by atoms with Crippen molar-refractivity contribution < 1.29 is 9.47 Å². The molecule has 0 spiro atoms. The molecule has 0 fully saturated rings. The lowest BCUT2D eigenvalue weighted by Crippen LogP contribution is -2.27.